The molecule has 3 nitrogen and oxygen atoms in total. The van der Waals surface area contributed by atoms with E-state index in [-0.39, 0.29) is 0 Å². The lowest BCUT2D eigenvalue weighted by molar-refractivity contribution is 0.0613. The largest absolute Gasteiger partial charge is 0.393 e. The number of fused-ring (bicyclic) bond motifs is 1. The first-order valence-electron chi connectivity index (χ1n) is 12.2. The second-order valence-electron chi connectivity index (χ2n) is 11.3. The molecule has 0 aromatic heterocycles. The summed E-state index contributed by atoms with van der Waals surface area (Å²) in [5.41, 5.74) is 3.38. The van der Waals surface area contributed by atoms with Crippen LogP contribution in [0.2, 0.25) is 0 Å². The maximum atomic E-state index is 10.2. The van der Waals surface area contributed by atoms with Gasteiger partial charge < -0.3 is 15.3 Å². The minimum atomic E-state index is -0.555. The summed E-state index contributed by atoms with van der Waals surface area (Å²) in [5, 5.41) is 30.3. The van der Waals surface area contributed by atoms with E-state index in [4.69, 9.17) is 0 Å². The predicted molar refractivity (Wildman–Crippen MR) is 124 cm³/mol. The summed E-state index contributed by atoms with van der Waals surface area (Å²) >= 11 is 0. The number of hydrogen-bond acceptors (Lipinski definition) is 3. The molecule has 30 heavy (non-hydrogen) atoms. The highest BCUT2D eigenvalue weighted by Crippen LogP contribution is 2.58. The maximum Gasteiger partial charge on any atom is 0.0777 e. The van der Waals surface area contributed by atoms with Gasteiger partial charge in [0, 0.05) is 6.42 Å². The van der Waals surface area contributed by atoms with Crippen LogP contribution >= 0.6 is 0 Å². The molecule has 0 radical (unpaired) electrons. The van der Waals surface area contributed by atoms with E-state index in [1.54, 1.807) is 0 Å². The molecule has 1 fully saturated rings. The van der Waals surface area contributed by atoms with Crippen molar-refractivity contribution in [3.63, 3.8) is 0 Å². The Morgan fingerprint density at radius 1 is 1.23 bits per heavy atom. The predicted octanol–water partition coefficient (Wildman–Crippen LogP) is 5.70. The van der Waals surface area contributed by atoms with E-state index in [1.807, 2.05) is 20.8 Å². The molecular weight excluding hydrogens is 372 g/mol. The zero-order valence-corrected chi connectivity index (χ0v) is 19.8. The van der Waals surface area contributed by atoms with Crippen molar-refractivity contribution < 1.29 is 15.3 Å². The fourth-order valence-corrected chi connectivity index (χ4v) is 6.58. The Kier molecular flexibility index (Phi) is 7.37. The molecule has 3 heteroatoms. The van der Waals surface area contributed by atoms with E-state index in [9.17, 15) is 15.3 Å². The van der Waals surface area contributed by atoms with Crippen LogP contribution in [0.4, 0.5) is 0 Å². The molecule has 0 bridgehead atoms. The normalized spacial score (nSPS) is 36.2. The summed E-state index contributed by atoms with van der Waals surface area (Å²) in [6.07, 6.45) is 15.2. The molecule has 3 aliphatic carbocycles. The average molecular weight is 417 g/mol. The smallest absolute Gasteiger partial charge is 0.0777 e. The Morgan fingerprint density at radius 3 is 2.67 bits per heavy atom. The van der Waals surface area contributed by atoms with Crippen molar-refractivity contribution in [3.8, 4) is 0 Å². The Balaban J connectivity index is 1.68. The van der Waals surface area contributed by atoms with Crippen molar-refractivity contribution in [1.29, 1.82) is 0 Å². The monoisotopic (exact) mass is 416 g/mol. The Hall–Kier alpha value is -0.900. The standard InChI is InChI=1S/C27H44O3/c1-18(8-6-14-26(3,4)30)23-12-13-24-20(9-7-15-27(23,24)5)10-11-21-16-22(28)17-25(29)19(21)2/h9-11,18,22-25,28-30H,6-8,12-17H2,1-5H3/b11-10-/t18?,22-,23-,24?,25-,27-/m1/s1. The van der Waals surface area contributed by atoms with E-state index in [0.29, 0.717) is 30.1 Å². The number of hydrogen-bond donors (Lipinski definition) is 3. The number of allylic oxidation sites excluding steroid dienone is 4. The summed E-state index contributed by atoms with van der Waals surface area (Å²) < 4.78 is 0. The van der Waals surface area contributed by atoms with Gasteiger partial charge in [0.2, 0.25) is 0 Å². The van der Waals surface area contributed by atoms with Gasteiger partial charge in [0.1, 0.15) is 0 Å². The van der Waals surface area contributed by atoms with Gasteiger partial charge in [-0.1, -0.05) is 44.9 Å². The molecule has 3 N–H and O–H groups in total. The van der Waals surface area contributed by atoms with Gasteiger partial charge in [0.05, 0.1) is 17.8 Å². The minimum absolute atomic E-state index is 0.359. The summed E-state index contributed by atoms with van der Waals surface area (Å²) in [5.74, 6) is 2.06. The molecule has 0 saturated heterocycles. The Labute approximate surface area is 184 Å². The fourth-order valence-electron chi connectivity index (χ4n) is 6.58. The molecule has 0 aromatic carbocycles. The van der Waals surface area contributed by atoms with Gasteiger partial charge in [0.15, 0.2) is 0 Å². The van der Waals surface area contributed by atoms with Crippen LogP contribution in [0.1, 0.15) is 92.4 Å². The van der Waals surface area contributed by atoms with E-state index in [1.165, 1.54) is 31.3 Å². The van der Waals surface area contributed by atoms with E-state index in [2.05, 4.69) is 32.1 Å². The van der Waals surface area contributed by atoms with Gasteiger partial charge in [-0.2, -0.15) is 0 Å². The van der Waals surface area contributed by atoms with Gasteiger partial charge >= 0.3 is 0 Å². The van der Waals surface area contributed by atoms with Crippen molar-refractivity contribution in [2.45, 2.75) is 110 Å². The van der Waals surface area contributed by atoms with E-state index in [0.717, 1.165) is 36.3 Å². The lowest BCUT2D eigenvalue weighted by atomic mass is 9.62. The third-order valence-corrected chi connectivity index (χ3v) is 8.44. The first kappa shape index (κ1) is 23.8. The molecule has 6 atom stereocenters. The lowest BCUT2D eigenvalue weighted by Gasteiger charge is -2.43. The first-order valence-corrected chi connectivity index (χ1v) is 12.2. The van der Waals surface area contributed by atoms with Crippen molar-refractivity contribution in [2.75, 3.05) is 0 Å². The van der Waals surface area contributed by atoms with E-state index >= 15 is 0 Å². The first-order chi connectivity index (χ1) is 14.0. The van der Waals surface area contributed by atoms with Crippen molar-refractivity contribution in [2.24, 2.45) is 23.2 Å². The van der Waals surface area contributed by atoms with Crippen LogP contribution in [0.25, 0.3) is 0 Å². The van der Waals surface area contributed by atoms with Crippen LogP contribution < -0.4 is 0 Å². The van der Waals surface area contributed by atoms with Crippen LogP contribution in [-0.4, -0.2) is 33.1 Å². The molecule has 3 rings (SSSR count). The Morgan fingerprint density at radius 2 is 1.97 bits per heavy atom. The fraction of sp³-hybridized carbons (Fsp3) is 0.778. The van der Waals surface area contributed by atoms with Gasteiger partial charge in [-0.05, 0) is 99.2 Å². The molecule has 0 amide bonds. The van der Waals surface area contributed by atoms with Crippen molar-refractivity contribution in [3.05, 3.63) is 34.9 Å². The van der Waals surface area contributed by atoms with Crippen LogP contribution in [0.3, 0.4) is 0 Å². The Bertz CT molecular complexity index is 695. The third-order valence-electron chi connectivity index (χ3n) is 8.44. The van der Waals surface area contributed by atoms with Crippen LogP contribution in [-0.2, 0) is 0 Å². The minimum Gasteiger partial charge on any atom is -0.393 e. The topological polar surface area (TPSA) is 60.7 Å². The summed E-state index contributed by atoms with van der Waals surface area (Å²) in [6, 6.07) is 0. The quantitative estimate of drug-likeness (QED) is 0.498. The van der Waals surface area contributed by atoms with Gasteiger partial charge in [-0.15, -0.1) is 0 Å². The second kappa shape index (κ2) is 9.30. The van der Waals surface area contributed by atoms with Gasteiger partial charge in [-0.25, -0.2) is 0 Å². The highest BCUT2D eigenvalue weighted by atomic mass is 16.3. The summed E-state index contributed by atoms with van der Waals surface area (Å²) in [6.45, 7) is 10.8. The van der Waals surface area contributed by atoms with Gasteiger partial charge in [-0.3, -0.25) is 0 Å². The van der Waals surface area contributed by atoms with Crippen molar-refractivity contribution >= 4 is 0 Å². The average Bonchev–Trinajstić information content (AvgIpc) is 3.00. The summed E-state index contributed by atoms with van der Waals surface area (Å²) in [7, 11) is 0. The van der Waals surface area contributed by atoms with Gasteiger partial charge in [0.25, 0.3) is 0 Å². The SMILES string of the molecule is CC1=C(/C=C\C2=CCC[C@@]3(C)C2CC[C@@H]3C(C)CCCC(C)(C)O)C[C@@H](O)C[C@H]1O. The summed E-state index contributed by atoms with van der Waals surface area (Å²) in [4.78, 5) is 0. The molecule has 2 unspecified atom stereocenters. The van der Waals surface area contributed by atoms with Crippen LogP contribution in [0.5, 0.6) is 0 Å². The molecule has 170 valence electrons. The molecule has 0 spiro atoms. The number of aliphatic hydroxyl groups is 3. The van der Waals surface area contributed by atoms with Crippen LogP contribution in [0.15, 0.2) is 34.9 Å². The second-order valence-corrected chi connectivity index (χ2v) is 11.3. The molecule has 0 heterocycles. The molecule has 0 aromatic rings. The molecular formula is C27H44O3. The van der Waals surface area contributed by atoms with E-state index < -0.39 is 17.8 Å². The molecule has 0 aliphatic heterocycles. The zero-order chi connectivity index (χ0) is 22.1. The highest BCUT2D eigenvalue weighted by Gasteiger charge is 2.49. The highest BCUT2D eigenvalue weighted by molar-refractivity contribution is 5.37. The number of rotatable bonds is 7. The number of aliphatic hydroxyl groups excluding tert-OH is 2. The third kappa shape index (κ3) is 5.29. The molecule has 1 saturated carbocycles. The lowest BCUT2D eigenvalue weighted by Crippen LogP contribution is -2.35. The molecule has 3 aliphatic rings. The van der Waals surface area contributed by atoms with Crippen LogP contribution in [0, 0.1) is 23.2 Å². The maximum absolute atomic E-state index is 10.2. The van der Waals surface area contributed by atoms with Crippen molar-refractivity contribution in [1.82, 2.24) is 0 Å². The zero-order valence-electron chi connectivity index (χ0n) is 19.8.